The van der Waals surface area contributed by atoms with Gasteiger partial charge in [0.15, 0.2) is 0 Å². The van der Waals surface area contributed by atoms with E-state index >= 15 is 0 Å². The predicted octanol–water partition coefficient (Wildman–Crippen LogP) is 5.17. The number of hydrogen-bond donors (Lipinski definition) is 1. The van der Waals surface area contributed by atoms with Crippen LogP contribution in [-0.4, -0.2) is 38.3 Å². The van der Waals surface area contributed by atoms with Crippen molar-refractivity contribution < 1.29 is 22.3 Å². The number of piperidine rings is 1. The zero-order valence-electron chi connectivity index (χ0n) is 18.0. The number of carbonyl (C=O) groups is 1. The quantitative estimate of drug-likeness (QED) is 0.532. The normalized spacial score (nSPS) is 15.1. The maximum Gasteiger partial charge on any atom is 0.266 e. The van der Waals surface area contributed by atoms with E-state index < -0.39 is 15.9 Å². The monoisotopic (exact) mass is 476 g/mol. The van der Waals surface area contributed by atoms with Crippen LogP contribution in [0.5, 0.6) is 5.75 Å². The second-order valence-electron chi connectivity index (χ2n) is 7.68. The average molecular weight is 477 g/mol. The van der Waals surface area contributed by atoms with Crippen molar-refractivity contribution in [3.05, 3.63) is 52.7 Å². The molecule has 0 bridgehead atoms. The Kier molecular flexibility index (Phi) is 6.50. The molecule has 1 amide bonds. The van der Waals surface area contributed by atoms with E-state index in [9.17, 15) is 17.6 Å². The summed E-state index contributed by atoms with van der Waals surface area (Å²) >= 11 is 1.20. The van der Waals surface area contributed by atoms with Crippen LogP contribution < -0.4 is 10.1 Å². The van der Waals surface area contributed by atoms with Crippen molar-refractivity contribution in [3.63, 3.8) is 0 Å². The highest BCUT2D eigenvalue weighted by Gasteiger charge is 2.27. The summed E-state index contributed by atoms with van der Waals surface area (Å²) in [6.07, 6.45) is 2.69. The largest absolute Gasteiger partial charge is 0.492 e. The minimum Gasteiger partial charge on any atom is -0.492 e. The fraction of sp³-hybridized carbons (Fsp3) is 0.348. The number of halogens is 1. The molecule has 4 rings (SSSR count). The van der Waals surface area contributed by atoms with Crippen LogP contribution in [0.2, 0.25) is 0 Å². The van der Waals surface area contributed by atoms with Gasteiger partial charge in [0.2, 0.25) is 10.0 Å². The first-order chi connectivity index (χ1) is 15.3. The molecule has 32 heavy (non-hydrogen) atoms. The number of anilines is 1. The van der Waals surface area contributed by atoms with Crippen molar-refractivity contribution in [1.82, 2.24) is 4.31 Å². The highest BCUT2D eigenvalue weighted by atomic mass is 32.2. The van der Waals surface area contributed by atoms with E-state index in [0.717, 1.165) is 19.3 Å². The number of aryl methyl sites for hydroxylation is 1. The van der Waals surface area contributed by atoms with Crippen molar-refractivity contribution in [3.8, 4) is 5.75 Å². The molecule has 0 saturated carbocycles. The Bertz CT molecular complexity index is 1260. The number of benzene rings is 2. The first-order valence-electron chi connectivity index (χ1n) is 10.6. The minimum absolute atomic E-state index is 0.109. The SMILES string of the molecule is CCOc1ccc(S(=O)(=O)N2CCCCC2)cc1NC(=O)c1sc2cccc(F)c2c1C. The fourth-order valence-corrected chi connectivity index (χ4v) is 6.61. The van der Waals surface area contributed by atoms with Crippen LogP contribution in [0, 0.1) is 12.7 Å². The molecule has 1 saturated heterocycles. The van der Waals surface area contributed by atoms with Gasteiger partial charge in [-0.05, 0) is 62.6 Å². The first-order valence-corrected chi connectivity index (χ1v) is 12.8. The van der Waals surface area contributed by atoms with Crippen molar-refractivity contribution in [1.29, 1.82) is 0 Å². The van der Waals surface area contributed by atoms with Crippen LogP contribution in [0.3, 0.4) is 0 Å². The third kappa shape index (κ3) is 4.24. The molecule has 0 atom stereocenters. The molecule has 0 radical (unpaired) electrons. The fourth-order valence-electron chi connectivity index (χ4n) is 3.95. The average Bonchev–Trinajstić information content (AvgIpc) is 3.13. The second-order valence-corrected chi connectivity index (χ2v) is 10.7. The molecule has 1 fully saturated rings. The van der Waals surface area contributed by atoms with Crippen LogP contribution in [-0.2, 0) is 10.0 Å². The molecule has 1 aliphatic rings. The lowest BCUT2D eigenvalue weighted by Crippen LogP contribution is -2.35. The molecule has 170 valence electrons. The molecule has 1 aliphatic heterocycles. The van der Waals surface area contributed by atoms with Gasteiger partial charge in [-0.15, -0.1) is 11.3 Å². The van der Waals surface area contributed by atoms with Gasteiger partial charge < -0.3 is 10.1 Å². The molecule has 2 aromatic carbocycles. The molecule has 2 heterocycles. The molecule has 1 N–H and O–H groups in total. The summed E-state index contributed by atoms with van der Waals surface area (Å²) < 4.78 is 48.3. The molecule has 0 unspecified atom stereocenters. The highest BCUT2D eigenvalue weighted by molar-refractivity contribution is 7.89. The minimum atomic E-state index is -3.67. The molecule has 1 aromatic heterocycles. The van der Waals surface area contributed by atoms with Gasteiger partial charge in [-0.1, -0.05) is 12.5 Å². The lowest BCUT2D eigenvalue weighted by molar-refractivity contribution is 0.102. The number of fused-ring (bicyclic) bond motifs is 1. The zero-order chi connectivity index (χ0) is 22.9. The zero-order valence-corrected chi connectivity index (χ0v) is 19.6. The smallest absolute Gasteiger partial charge is 0.266 e. The summed E-state index contributed by atoms with van der Waals surface area (Å²) in [7, 11) is -3.67. The number of amides is 1. The second kappa shape index (κ2) is 9.17. The maximum absolute atomic E-state index is 14.3. The summed E-state index contributed by atoms with van der Waals surface area (Å²) in [6, 6.07) is 9.25. The molecular weight excluding hydrogens is 451 g/mol. The van der Waals surface area contributed by atoms with E-state index in [1.54, 1.807) is 25.1 Å². The van der Waals surface area contributed by atoms with E-state index in [1.807, 2.05) is 6.92 Å². The summed E-state index contributed by atoms with van der Waals surface area (Å²) in [5.74, 6) is -0.431. The van der Waals surface area contributed by atoms with Crippen molar-refractivity contribution in [2.75, 3.05) is 25.0 Å². The lowest BCUT2D eigenvalue weighted by Gasteiger charge is -2.26. The van der Waals surface area contributed by atoms with Crippen LogP contribution in [0.15, 0.2) is 41.3 Å². The van der Waals surface area contributed by atoms with Gasteiger partial charge in [0.1, 0.15) is 11.6 Å². The van der Waals surface area contributed by atoms with Gasteiger partial charge in [0, 0.05) is 23.2 Å². The number of hydrogen-bond acceptors (Lipinski definition) is 5. The molecule has 0 spiro atoms. The van der Waals surface area contributed by atoms with Gasteiger partial charge in [-0.2, -0.15) is 4.31 Å². The Balaban J connectivity index is 1.69. The van der Waals surface area contributed by atoms with Gasteiger partial charge in [-0.25, -0.2) is 12.8 Å². The van der Waals surface area contributed by atoms with E-state index in [-0.39, 0.29) is 16.4 Å². The Labute approximate surface area is 191 Å². The van der Waals surface area contributed by atoms with E-state index in [1.165, 1.54) is 33.8 Å². The number of carbonyl (C=O) groups excluding carboxylic acids is 1. The van der Waals surface area contributed by atoms with Crippen molar-refractivity contribution in [2.45, 2.75) is 38.0 Å². The van der Waals surface area contributed by atoms with Crippen LogP contribution in [0.25, 0.3) is 10.1 Å². The third-order valence-corrected chi connectivity index (χ3v) is 8.71. The van der Waals surface area contributed by atoms with Crippen LogP contribution >= 0.6 is 11.3 Å². The number of thiophene rings is 1. The lowest BCUT2D eigenvalue weighted by atomic mass is 10.1. The summed E-state index contributed by atoms with van der Waals surface area (Å²) in [5, 5.41) is 3.21. The van der Waals surface area contributed by atoms with Crippen molar-refractivity contribution >= 4 is 43.0 Å². The number of nitrogens with zero attached hydrogens (tertiary/aromatic N) is 1. The predicted molar refractivity (Wildman–Crippen MR) is 125 cm³/mol. The topological polar surface area (TPSA) is 75.7 Å². The van der Waals surface area contributed by atoms with E-state index in [4.69, 9.17) is 4.74 Å². The number of rotatable bonds is 6. The van der Waals surface area contributed by atoms with Crippen molar-refractivity contribution in [2.24, 2.45) is 0 Å². The molecule has 0 aliphatic carbocycles. The number of sulfonamides is 1. The van der Waals surface area contributed by atoms with Gasteiger partial charge >= 0.3 is 0 Å². The summed E-state index contributed by atoms with van der Waals surface area (Å²) in [6.45, 7) is 4.85. The maximum atomic E-state index is 14.3. The Morgan fingerprint density at radius 3 is 2.62 bits per heavy atom. The van der Waals surface area contributed by atoms with Gasteiger partial charge in [0.05, 0.1) is 22.1 Å². The molecular formula is C23H25FN2O4S2. The van der Waals surface area contributed by atoms with E-state index in [0.29, 0.717) is 46.0 Å². The number of nitrogens with one attached hydrogen (secondary N) is 1. The molecule has 9 heteroatoms. The summed E-state index contributed by atoms with van der Waals surface area (Å²) in [5.41, 5.74) is 0.822. The first kappa shape index (κ1) is 22.7. The Morgan fingerprint density at radius 1 is 1.19 bits per heavy atom. The third-order valence-electron chi connectivity index (χ3n) is 5.56. The summed E-state index contributed by atoms with van der Waals surface area (Å²) in [4.78, 5) is 13.6. The molecule has 6 nitrogen and oxygen atoms in total. The van der Waals surface area contributed by atoms with Crippen LogP contribution in [0.4, 0.5) is 10.1 Å². The molecule has 3 aromatic rings. The standard InChI is InChI=1S/C23H25FN2O4S2/c1-3-30-19-11-10-16(32(28,29)26-12-5-4-6-13-26)14-18(19)25-23(27)22-15(2)21-17(24)8-7-9-20(21)31-22/h7-11,14H,3-6,12-13H2,1-2H3,(H,25,27). The van der Waals surface area contributed by atoms with Gasteiger partial charge in [0.25, 0.3) is 5.91 Å². The Hall–Kier alpha value is -2.49. The highest BCUT2D eigenvalue weighted by Crippen LogP contribution is 2.35. The number of ether oxygens (including phenoxy) is 1. The van der Waals surface area contributed by atoms with Gasteiger partial charge in [-0.3, -0.25) is 4.79 Å². The van der Waals surface area contributed by atoms with E-state index in [2.05, 4.69) is 5.32 Å². The van der Waals surface area contributed by atoms with Crippen LogP contribution in [0.1, 0.15) is 41.4 Å². The Morgan fingerprint density at radius 2 is 1.94 bits per heavy atom.